The van der Waals surface area contributed by atoms with Crippen molar-refractivity contribution in [2.24, 2.45) is 0 Å². The summed E-state index contributed by atoms with van der Waals surface area (Å²) in [7, 11) is -4.34. The molecule has 0 spiro atoms. The average Bonchev–Trinajstić information content (AvgIpc) is 3.06. The first-order valence-corrected chi connectivity index (χ1v) is 17.3. The van der Waals surface area contributed by atoms with Crippen LogP contribution in [0.1, 0.15) is 37.8 Å². The van der Waals surface area contributed by atoms with Crippen molar-refractivity contribution in [3.8, 4) is 5.75 Å². The Bertz CT molecular complexity index is 1720. The fraction of sp³-hybridized carbons (Fsp3) is 0.278. The molecule has 11 heteroatoms. The summed E-state index contributed by atoms with van der Waals surface area (Å²) in [5.74, 6) is -1.06. The molecule has 0 heterocycles. The smallest absolute Gasteiger partial charge is 0.264 e. The maximum Gasteiger partial charge on any atom is 0.264 e. The van der Waals surface area contributed by atoms with Crippen molar-refractivity contribution >= 4 is 39.1 Å². The van der Waals surface area contributed by atoms with E-state index in [9.17, 15) is 22.4 Å². The van der Waals surface area contributed by atoms with Gasteiger partial charge in [-0.05, 0) is 85.1 Å². The Kier molecular flexibility index (Phi) is 12.8. The molecule has 2 amide bonds. The number of carbonyl (C=O) groups excluding carboxylic acids is 2. The molecule has 4 aromatic rings. The van der Waals surface area contributed by atoms with Crippen molar-refractivity contribution in [1.29, 1.82) is 0 Å². The Morgan fingerprint density at radius 2 is 1.57 bits per heavy atom. The van der Waals surface area contributed by atoms with Crippen molar-refractivity contribution in [3.63, 3.8) is 0 Å². The molecule has 0 radical (unpaired) electrons. The molecule has 0 fully saturated rings. The number of benzene rings is 4. The summed E-state index contributed by atoms with van der Waals surface area (Å²) in [5.41, 5.74) is 1.57. The molecule has 0 aliphatic rings. The van der Waals surface area contributed by atoms with E-state index < -0.39 is 34.3 Å². The van der Waals surface area contributed by atoms with Gasteiger partial charge in [0.05, 0.1) is 17.2 Å². The number of carbonyl (C=O) groups is 2. The highest BCUT2D eigenvalue weighted by atomic mass is 35.5. The van der Waals surface area contributed by atoms with Crippen molar-refractivity contribution in [2.45, 2.75) is 50.6 Å². The highest BCUT2D eigenvalue weighted by molar-refractivity contribution is 7.92. The molecule has 0 aliphatic heterocycles. The molecule has 0 saturated carbocycles. The first kappa shape index (κ1) is 35.4. The first-order valence-electron chi connectivity index (χ1n) is 15.5. The third-order valence-electron chi connectivity index (χ3n) is 7.46. The van der Waals surface area contributed by atoms with Crippen LogP contribution in [0, 0.1) is 5.82 Å². The number of unbranched alkanes of at least 4 members (excludes halogenated alkanes) is 1. The van der Waals surface area contributed by atoms with Gasteiger partial charge < -0.3 is 15.0 Å². The fourth-order valence-corrected chi connectivity index (χ4v) is 6.66. The van der Waals surface area contributed by atoms with E-state index in [1.165, 1.54) is 41.3 Å². The monoisotopic (exact) mass is 679 g/mol. The van der Waals surface area contributed by atoms with Gasteiger partial charge in [0, 0.05) is 24.5 Å². The summed E-state index contributed by atoms with van der Waals surface area (Å²) in [4.78, 5) is 29.6. The summed E-state index contributed by atoms with van der Waals surface area (Å²) in [5, 5.41) is 3.41. The van der Waals surface area contributed by atoms with Gasteiger partial charge in [-0.25, -0.2) is 12.8 Å². The van der Waals surface area contributed by atoms with Crippen LogP contribution in [0.15, 0.2) is 108 Å². The van der Waals surface area contributed by atoms with Gasteiger partial charge in [0.15, 0.2) is 0 Å². The summed E-state index contributed by atoms with van der Waals surface area (Å²) in [6.45, 7) is 3.98. The van der Waals surface area contributed by atoms with E-state index in [4.69, 9.17) is 16.3 Å². The fourth-order valence-electron chi connectivity index (χ4n) is 5.03. The Labute approximate surface area is 281 Å². The number of ether oxygens (including phenoxy) is 1. The zero-order valence-electron chi connectivity index (χ0n) is 26.4. The molecule has 4 rings (SSSR count). The van der Waals surface area contributed by atoms with Crippen molar-refractivity contribution in [3.05, 3.63) is 125 Å². The minimum absolute atomic E-state index is 0.0154. The van der Waals surface area contributed by atoms with Gasteiger partial charge in [-0.1, -0.05) is 67.4 Å². The predicted molar refractivity (Wildman–Crippen MR) is 182 cm³/mol. The van der Waals surface area contributed by atoms with Gasteiger partial charge in [0.2, 0.25) is 11.8 Å². The molecule has 4 aromatic carbocycles. The van der Waals surface area contributed by atoms with Gasteiger partial charge >= 0.3 is 0 Å². The summed E-state index contributed by atoms with van der Waals surface area (Å²) < 4.78 is 48.7. The number of hydrogen-bond donors (Lipinski definition) is 1. The van der Waals surface area contributed by atoms with Crippen LogP contribution < -0.4 is 14.4 Å². The number of nitrogens with zero attached hydrogens (tertiary/aromatic N) is 2. The first-order chi connectivity index (χ1) is 22.6. The number of amides is 2. The molecule has 1 N–H and O–H groups in total. The standard InChI is InChI=1S/C36H39ClFN3O5S/c1-3-5-22-39-36(43)34(24-27-10-7-6-8-11-27)40(25-28-12-9-13-29(37)23-28)35(42)26-41(31-16-14-30(38)15-17-31)47(44,45)33-20-18-32(19-21-33)46-4-2/h6-21,23,34H,3-5,22,24-26H2,1-2H3,(H,39,43)/t34-/m1/s1. The second kappa shape index (κ2) is 16.9. The Balaban J connectivity index is 1.78. The van der Waals surface area contributed by atoms with Gasteiger partial charge in [0.25, 0.3) is 10.0 Å². The molecule has 0 unspecified atom stereocenters. The molecule has 0 aromatic heterocycles. The van der Waals surface area contributed by atoms with Gasteiger partial charge in [0.1, 0.15) is 24.2 Å². The molecular weight excluding hydrogens is 641 g/mol. The van der Waals surface area contributed by atoms with Crippen molar-refractivity contribution in [2.75, 3.05) is 24.0 Å². The molecule has 248 valence electrons. The number of hydrogen-bond acceptors (Lipinski definition) is 5. The van der Waals surface area contributed by atoms with E-state index in [1.54, 1.807) is 24.3 Å². The lowest BCUT2D eigenvalue weighted by molar-refractivity contribution is -0.140. The number of sulfonamides is 1. The second-order valence-corrected chi connectivity index (χ2v) is 13.2. The van der Waals surface area contributed by atoms with E-state index in [-0.39, 0.29) is 29.5 Å². The summed E-state index contributed by atoms with van der Waals surface area (Å²) >= 11 is 6.29. The second-order valence-electron chi connectivity index (χ2n) is 10.9. The molecule has 47 heavy (non-hydrogen) atoms. The number of halogens is 2. The van der Waals surface area contributed by atoms with E-state index in [2.05, 4.69) is 5.32 Å². The Morgan fingerprint density at radius 1 is 0.894 bits per heavy atom. The number of nitrogens with one attached hydrogen (secondary N) is 1. The highest BCUT2D eigenvalue weighted by Crippen LogP contribution is 2.27. The highest BCUT2D eigenvalue weighted by Gasteiger charge is 2.34. The number of rotatable bonds is 16. The predicted octanol–water partition coefficient (Wildman–Crippen LogP) is 6.63. The third-order valence-corrected chi connectivity index (χ3v) is 9.48. The number of anilines is 1. The van der Waals surface area contributed by atoms with Crippen molar-refractivity contribution in [1.82, 2.24) is 10.2 Å². The van der Waals surface area contributed by atoms with E-state index >= 15 is 0 Å². The van der Waals surface area contributed by atoms with Crippen LogP contribution in [0.3, 0.4) is 0 Å². The largest absolute Gasteiger partial charge is 0.494 e. The van der Waals surface area contributed by atoms with Crippen LogP contribution in [0.25, 0.3) is 0 Å². The van der Waals surface area contributed by atoms with Crippen LogP contribution in [0.2, 0.25) is 5.02 Å². The van der Waals surface area contributed by atoms with Gasteiger partial charge in [-0.3, -0.25) is 13.9 Å². The molecule has 0 bridgehead atoms. The average molecular weight is 680 g/mol. The van der Waals surface area contributed by atoms with Crippen LogP contribution in [0.5, 0.6) is 5.75 Å². The third kappa shape index (κ3) is 9.79. The zero-order chi connectivity index (χ0) is 33.8. The van der Waals surface area contributed by atoms with Crippen LogP contribution in [-0.2, 0) is 32.6 Å². The molecule has 0 aliphatic carbocycles. The zero-order valence-corrected chi connectivity index (χ0v) is 28.0. The lowest BCUT2D eigenvalue weighted by atomic mass is 10.0. The summed E-state index contributed by atoms with van der Waals surface area (Å²) in [6.07, 6.45) is 1.81. The van der Waals surface area contributed by atoms with E-state index in [1.807, 2.05) is 44.2 Å². The molecule has 1 atom stereocenters. The minimum atomic E-state index is -4.34. The quantitative estimate of drug-likeness (QED) is 0.134. The minimum Gasteiger partial charge on any atom is -0.494 e. The Hall–Kier alpha value is -4.41. The topological polar surface area (TPSA) is 96.0 Å². The van der Waals surface area contributed by atoms with Crippen LogP contribution in [-0.4, -0.2) is 50.9 Å². The SMILES string of the molecule is CCCCNC(=O)[C@@H](Cc1ccccc1)N(Cc1cccc(Cl)c1)C(=O)CN(c1ccc(F)cc1)S(=O)(=O)c1ccc(OCC)cc1. The molecular formula is C36H39ClFN3O5S. The maximum absolute atomic E-state index is 14.5. The molecule has 0 saturated heterocycles. The molecule has 8 nitrogen and oxygen atoms in total. The van der Waals surface area contributed by atoms with E-state index in [0.29, 0.717) is 29.5 Å². The lowest BCUT2D eigenvalue weighted by Gasteiger charge is -2.34. The summed E-state index contributed by atoms with van der Waals surface area (Å²) in [6, 6.07) is 26.0. The van der Waals surface area contributed by atoms with Crippen molar-refractivity contribution < 1.29 is 27.1 Å². The lowest BCUT2D eigenvalue weighted by Crippen LogP contribution is -2.53. The van der Waals surface area contributed by atoms with E-state index in [0.717, 1.165) is 34.8 Å². The normalized spacial score (nSPS) is 11.8. The van der Waals surface area contributed by atoms with Gasteiger partial charge in [-0.15, -0.1) is 0 Å². The Morgan fingerprint density at radius 3 is 2.21 bits per heavy atom. The van der Waals surface area contributed by atoms with Gasteiger partial charge in [-0.2, -0.15) is 0 Å². The van der Waals surface area contributed by atoms with Crippen LogP contribution in [0.4, 0.5) is 10.1 Å². The maximum atomic E-state index is 14.5. The van der Waals surface area contributed by atoms with Crippen LogP contribution >= 0.6 is 11.6 Å².